The van der Waals surface area contributed by atoms with Gasteiger partial charge in [0.05, 0.1) is 12.6 Å². The van der Waals surface area contributed by atoms with Crippen LogP contribution in [0.5, 0.6) is 0 Å². The molecule has 0 aliphatic rings. The fourth-order valence-corrected chi connectivity index (χ4v) is 2.67. The molecule has 0 saturated heterocycles. The van der Waals surface area contributed by atoms with Crippen molar-refractivity contribution in [1.29, 1.82) is 0 Å². The van der Waals surface area contributed by atoms with Crippen molar-refractivity contribution in [2.75, 3.05) is 13.7 Å². The number of nitrogens with zero attached hydrogens (tertiary/aromatic N) is 1. The number of ether oxygens (including phenoxy) is 1. The maximum Gasteiger partial charge on any atom is 0.254 e. The average Bonchev–Trinajstić information content (AvgIpc) is 2.53. The summed E-state index contributed by atoms with van der Waals surface area (Å²) in [7, 11) is 1.67. The minimum atomic E-state index is 0.00705. The SMILES string of the molecule is COCC(C)N(Cc1ccccc1C)C(=O)c1cccc(C)c1. The zero-order valence-corrected chi connectivity index (χ0v) is 14.4. The number of methoxy groups -OCH3 is 1. The number of amides is 1. The van der Waals surface area contributed by atoms with E-state index in [0.29, 0.717) is 13.2 Å². The highest BCUT2D eigenvalue weighted by Gasteiger charge is 2.22. The first-order valence-electron chi connectivity index (χ1n) is 7.94. The Bertz CT molecular complexity index is 666. The van der Waals surface area contributed by atoms with Gasteiger partial charge in [-0.1, -0.05) is 42.0 Å². The van der Waals surface area contributed by atoms with Gasteiger partial charge in [-0.2, -0.15) is 0 Å². The summed E-state index contributed by atoms with van der Waals surface area (Å²) < 4.78 is 5.27. The summed E-state index contributed by atoms with van der Waals surface area (Å²) in [4.78, 5) is 14.9. The summed E-state index contributed by atoms with van der Waals surface area (Å²) in [5.74, 6) is 0.0431. The highest BCUT2D eigenvalue weighted by atomic mass is 16.5. The molecule has 23 heavy (non-hydrogen) atoms. The van der Waals surface area contributed by atoms with E-state index < -0.39 is 0 Å². The number of rotatable bonds is 6. The van der Waals surface area contributed by atoms with Gasteiger partial charge in [0, 0.05) is 19.2 Å². The normalized spacial score (nSPS) is 12.0. The molecule has 1 atom stereocenters. The van der Waals surface area contributed by atoms with Crippen molar-refractivity contribution in [3.63, 3.8) is 0 Å². The Morgan fingerprint density at radius 1 is 1.13 bits per heavy atom. The van der Waals surface area contributed by atoms with E-state index in [9.17, 15) is 4.79 Å². The quantitative estimate of drug-likeness (QED) is 0.807. The van der Waals surface area contributed by atoms with Gasteiger partial charge in [-0.15, -0.1) is 0 Å². The second-order valence-electron chi connectivity index (χ2n) is 6.03. The second-order valence-corrected chi connectivity index (χ2v) is 6.03. The molecule has 0 aromatic heterocycles. The molecule has 2 rings (SSSR count). The van der Waals surface area contributed by atoms with Crippen molar-refractivity contribution in [2.45, 2.75) is 33.4 Å². The van der Waals surface area contributed by atoms with E-state index in [0.717, 1.165) is 16.7 Å². The fraction of sp³-hybridized carbons (Fsp3) is 0.350. The second kappa shape index (κ2) is 7.93. The molecule has 0 radical (unpaired) electrons. The molecule has 0 fully saturated rings. The monoisotopic (exact) mass is 311 g/mol. The number of carbonyl (C=O) groups excluding carboxylic acids is 1. The maximum absolute atomic E-state index is 13.0. The van der Waals surface area contributed by atoms with E-state index in [4.69, 9.17) is 4.74 Å². The van der Waals surface area contributed by atoms with Crippen LogP contribution in [0.2, 0.25) is 0 Å². The van der Waals surface area contributed by atoms with Gasteiger partial charge in [-0.25, -0.2) is 0 Å². The Kier molecular flexibility index (Phi) is 5.94. The van der Waals surface area contributed by atoms with Crippen LogP contribution >= 0.6 is 0 Å². The third-order valence-electron chi connectivity index (χ3n) is 4.07. The van der Waals surface area contributed by atoms with Gasteiger partial charge >= 0.3 is 0 Å². The Morgan fingerprint density at radius 3 is 2.52 bits per heavy atom. The van der Waals surface area contributed by atoms with Crippen molar-refractivity contribution < 1.29 is 9.53 Å². The van der Waals surface area contributed by atoms with Gasteiger partial charge in [0.2, 0.25) is 0 Å². The number of carbonyl (C=O) groups is 1. The molecule has 2 aromatic carbocycles. The summed E-state index contributed by atoms with van der Waals surface area (Å²) >= 11 is 0. The van der Waals surface area contributed by atoms with Gasteiger partial charge in [-0.05, 0) is 44.0 Å². The van der Waals surface area contributed by atoms with E-state index in [1.54, 1.807) is 7.11 Å². The number of benzene rings is 2. The zero-order valence-electron chi connectivity index (χ0n) is 14.4. The lowest BCUT2D eigenvalue weighted by Gasteiger charge is -2.30. The highest BCUT2D eigenvalue weighted by Crippen LogP contribution is 2.17. The molecule has 0 saturated carbocycles. The van der Waals surface area contributed by atoms with E-state index in [1.165, 1.54) is 5.56 Å². The zero-order chi connectivity index (χ0) is 16.8. The maximum atomic E-state index is 13.0. The third kappa shape index (κ3) is 4.42. The predicted molar refractivity (Wildman–Crippen MR) is 93.6 cm³/mol. The molecule has 1 amide bonds. The highest BCUT2D eigenvalue weighted by molar-refractivity contribution is 5.94. The molecular formula is C20H25NO2. The molecule has 0 heterocycles. The van der Waals surface area contributed by atoms with E-state index in [1.807, 2.05) is 55.1 Å². The first kappa shape index (κ1) is 17.2. The average molecular weight is 311 g/mol. The number of aryl methyl sites for hydroxylation is 2. The summed E-state index contributed by atoms with van der Waals surface area (Å²) in [6.07, 6.45) is 0. The molecule has 0 bridgehead atoms. The molecule has 1 unspecified atom stereocenters. The van der Waals surface area contributed by atoms with E-state index >= 15 is 0 Å². The van der Waals surface area contributed by atoms with Crippen LogP contribution in [0.1, 0.15) is 34.0 Å². The molecular weight excluding hydrogens is 286 g/mol. The fourth-order valence-electron chi connectivity index (χ4n) is 2.67. The molecule has 2 aromatic rings. The van der Waals surface area contributed by atoms with Gasteiger partial charge in [0.25, 0.3) is 5.91 Å². The lowest BCUT2D eigenvalue weighted by molar-refractivity contribution is 0.0541. The van der Waals surface area contributed by atoms with Crippen LogP contribution in [-0.4, -0.2) is 30.6 Å². The van der Waals surface area contributed by atoms with Crippen LogP contribution in [0, 0.1) is 13.8 Å². The molecule has 0 N–H and O–H groups in total. The van der Waals surface area contributed by atoms with Crippen molar-refractivity contribution >= 4 is 5.91 Å². The summed E-state index contributed by atoms with van der Waals surface area (Å²) in [6.45, 7) is 7.20. The lowest BCUT2D eigenvalue weighted by atomic mass is 10.1. The van der Waals surface area contributed by atoms with Crippen molar-refractivity contribution in [1.82, 2.24) is 4.90 Å². The minimum Gasteiger partial charge on any atom is -0.383 e. The van der Waals surface area contributed by atoms with Crippen LogP contribution < -0.4 is 0 Å². The first-order chi connectivity index (χ1) is 11.0. The summed E-state index contributed by atoms with van der Waals surface area (Å²) in [6, 6.07) is 15.9. The van der Waals surface area contributed by atoms with Gasteiger partial charge in [0.1, 0.15) is 0 Å². The lowest BCUT2D eigenvalue weighted by Crippen LogP contribution is -2.40. The number of hydrogen-bond acceptors (Lipinski definition) is 2. The molecule has 3 heteroatoms. The smallest absolute Gasteiger partial charge is 0.254 e. The summed E-state index contributed by atoms with van der Waals surface area (Å²) in [5.41, 5.74) is 4.17. The Morgan fingerprint density at radius 2 is 1.87 bits per heavy atom. The summed E-state index contributed by atoms with van der Waals surface area (Å²) in [5, 5.41) is 0. The van der Waals surface area contributed by atoms with Crippen LogP contribution in [0.3, 0.4) is 0 Å². The topological polar surface area (TPSA) is 29.5 Å². The standard InChI is InChI=1S/C20H25NO2/c1-15-8-7-11-18(12-15)20(22)21(17(3)14-23-4)13-19-10-6-5-9-16(19)2/h5-12,17H,13-14H2,1-4H3. The Hall–Kier alpha value is -2.13. The van der Waals surface area contributed by atoms with Gasteiger partial charge < -0.3 is 9.64 Å². The predicted octanol–water partition coefficient (Wildman–Crippen LogP) is 3.98. The molecule has 122 valence electrons. The molecule has 0 aliphatic carbocycles. The van der Waals surface area contributed by atoms with Crippen LogP contribution in [0.15, 0.2) is 48.5 Å². The first-order valence-corrected chi connectivity index (χ1v) is 7.94. The van der Waals surface area contributed by atoms with Crippen molar-refractivity contribution in [3.8, 4) is 0 Å². The Balaban J connectivity index is 2.30. The van der Waals surface area contributed by atoms with Gasteiger partial charge in [-0.3, -0.25) is 4.79 Å². The van der Waals surface area contributed by atoms with Crippen LogP contribution in [0.25, 0.3) is 0 Å². The van der Waals surface area contributed by atoms with Crippen LogP contribution in [-0.2, 0) is 11.3 Å². The molecule has 3 nitrogen and oxygen atoms in total. The number of hydrogen-bond donors (Lipinski definition) is 0. The molecule has 0 aliphatic heterocycles. The minimum absolute atomic E-state index is 0.00705. The van der Waals surface area contributed by atoms with E-state index in [-0.39, 0.29) is 11.9 Å². The van der Waals surface area contributed by atoms with E-state index in [2.05, 4.69) is 19.1 Å². The van der Waals surface area contributed by atoms with Crippen LogP contribution in [0.4, 0.5) is 0 Å². The third-order valence-corrected chi connectivity index (χ3v) is 4.07. The van der Waals surface area contributed by atoms with Gasteiger partial charge in [0.15, 0.2) is 0 Å². The largest absolute Gasteiger partial charge is 0.383 e. The van der Waals surface area contributed by atoms with Crippen molar-refractivity contribution in [2.24, 2.45) is 0 Å². The van der Waals surface area contributed by atoms with Crippen molar-refractivity contribution in [3.05, 3.63) is 70.8 Å². The Labute approximate surface area is 138 Å². The molecule has 0 spiro atoms.